The van der Waals surface area contributed by atoms with Crippen molar-refractivity contribution in [1.29, 1.82) is 0 Å². The molecule has 0 aromatic carbocycles. The van der Waals surface area contributed by atoms with E-state index in [-0.39, 0.29) is 11.4 Å². The molecule has 0 unspecified atom stereocenters. The normalized spacial score (nSPS) is 16.9. The Morgan fingerprint density at radius 3 is 2.78 bits per heavy atom. The molecule has 186 valence electrons. The van der Waals surface area contributed by atoms with E-state index < -0.39 is 11.9 Å². The lowest BCUT2D eigenvalue weighted by Crippen LogP contribution is -2.36. The van der Waals surface area contributed by atoms with Gasteiger partial charge in [-0.1, -0.05) is 6.07 Å². The van der Waals surface area contributed by atoms with Gasteiger partial charge in [0.05, 0.1) is 23.6 Å². The Morgan fingerprint density at radius 1 is 1.19 bits per heavy atom. The van der Waals surface area contributed by atoms with Gasteiger partial charge in [0.1, 0.15) is 17.5 Å². The van der Waals surface area contributed by atoms with E-state index in [4.69, 9.17) is 0 Å². The first-order valence-electron chi connectivity index (χ1n) is 11.5. The molecule has 5 rings (SSSR count). The molecule has 37 heavy (non-hydrogen) atoms. The lowest BCUT2D eigenvalue weighted by molar-refractivity contribution is 0.0936. The number of nitrogens with zero attached hydrogens (tertiary/aromatic N) is 6. The SMILES string of the molecule is CNc1cc(NC2=CC=CN(c3ccccn3)C2=C=O)nn2c(C(=O)N[C@@H]3CCN(C)C3=C=O)cnc12. The lowest BCUT2D eigenvalue weighted by Gasteiger charge is -2.24. The van der Waals surface area contributed by atoms with Gasteiger partial charge in [0.15, 0.2) is 28.8 Å². The number of aromatic nitrogens is 4. The highest BCUT2D eigenvalue weighted by Gasteiger charge is 2.29. The molecule has 1 saturated heterocycles. The van der Waals surface area contributed by atoms with Crippen molar-refractivity contribution in [3.8, 4) is 0 Å². The predicted octanol–water partition coefficient (Wildman–Crippen LogP) is 1.36. The molecule has 0 saturated carbocycles. The van der Waals surface area contributed by atoms with Crippen molar-refractivity contribution < 1.29 is 14.4 Å². The molecule has 1 atom stereocenters. The van der Waals surface area contributed by atoms with Crippen LogP contribution in [0.15, 0.2) is 72.1 Å². The van der Waals surface area contributed by atoms with Crippen LogP contribution in [0.2, 0.25) is 0 Å². The molecule has 1 fully saturated rings. The number of amides is 1. The van der Waals surface area contributed by atoms with Gasteiger partial charge in [0.25, 0.3) is 5.91 Å². The van der Waals surface area contributed by atoms with Crippen molar-refractivity contribution in [1.82, 2.24) is 29.8 Å². The fourth-order valence-corrected chi connectivity index (χ4v) is 4.27. The summed E-state index contributed by atoms with van der Waals surface area (Å²) in [5.74, 6) is 4.37. The number of pyridine rings is 1. The van der Waals surface area contributed by atoms with Crippen molar-refractivity contribution in [2.45, 2.75) is 12.5 Å². The Labute approximate surface area is 211 Å². The van der Waals surface area contributed by atoms with E-state index in [1.807, 2.05) is 17.9 Å². The summed E-state index contributed by atoms with van der Waals surface area (Å²) in [6.07, 6.45) is 8.85. The van der Waals surface area contributed by atoms with Crippen LogP contribution in [0.4, 0.5) is 17.3 Å². The first kappa shape index (κ1) is 23.6. The summed E-state index contributed by atoms with van der Waals surface area (Å²) < 4.78 is 1.41. The summed E-state index contributed by atoms with van der Waals surface area (Å²) in [6, 6.07) is 6.66. The summed E-state index contributed by atoms with van der Waals surface area (Å²) >= 11 is 0. The lowest BCUT2D eigenvalue weighted by atomic mass is 10.2. The van der Waals surface area contributed by atoms with Crippen LogP contribution in [0.1, 0.15) is 16.9 Å². The van der Waals surface area contributed by atoms with E-state index in [2.05, 4.69) is 31.0 Å². The third-order valence-electron chi connectivity index (χ3n) is 6.12. The number of imidazole rings is 1. The molecule has 12 heteroatoms. The first-order chi connectivity index (χ1) is 18.0. The molecule has 1 amide bonds. The van der Waals surface area contributed by atoms with Crippen LogP contribution in [-0.2, 0) is 9.59 Å². The average Bonchev–Trinajstić information content (AvgIpc) is 3.51. The largest absolute Gasteiger partial charge is 0.385 e. The van der Waals surface area contributed by atoms with Gasteiger partial charge in [0, 0.05) is 39.1 Å². The summed E-state index contributed by atoms with van der Waals surface area (Å²) in [4.78, 5) is 48.5. The number of carbonyl (C=O) groups is 1. The minimum Gasteiger partial charge on any atom is -0.385 e. The highest BCUT2D eigenvalue weighted by molar-refractivity contribution is 5.94. The number of likely N-dealkylation sites (tertiary alicyclic amines) is 1. The number of likely N-dealkylation sites (N-methyl/N-ethyl adjacent to an activating group) is 1. The van der Waals surface area contributed by atoms with Crippen LogP contribution in [-0.4, -0.2) is 69.0 Å². The molecule has 5 heterocycles. The Bertz CT molecular complexity index is 1530. The number of nitrogens with one attached hydrogen (secondary N) is 3. The summed E-state index contributed by atoms with van der Waals surface area (Å²) in [7, 11) is 3.51. The Kier molecular flexibility index (Phi) is 6.25. The monoisotopic (exact) mass is 497 g/mol. The number of hydrogen-bond donors (Lipinski definition) is 3. The van der Waals surface area contributed by atoms with Gasteiger partial charge in [-0.2, -0.15) is 0 Å². The Balaban J connectivity index is 1.46. The summed E-state index contributed by atoms with van der Waals surface area (Å²) in [5.41, 5.74) is 2.29. The molecule has 2 aliphatic heterocycles. The van der Waals surface area contributed by atoms with E-state index in [0.717, 1.165) is 0 Å². The highest BCUT2D eigenvalue weighted by atomic mass is 16.2. The van der Waals surface area contributed by atoms with Gasteiger partial charge in [-0.05, 0) is 30.7 Å². The molecular formula is C25H23N9O3. The second-order valence-electron chi connectivity index (χ2n) is 8.35. The summed E-state index contributed by atoms with van der Waals surface area (Å²) in [5, 5.41) is 13.6. The van der Waals surface area contributed by atoms with Crippen LogP contribution >= 0.6 is 0 Å². The van der Waals surface area contributed by atoms with E-state index in [1.54, 1.807) is 66.6 Å². The average molecular weight is 498 g/mol. The zero-order valence-electron chi connectivity index (χ0n) is 20.1. The zero-order valence-corrected chi connectivity index (χ0v) is 20.1. The molecule has 2 aliphatic rings. The maximum Gasteiger partial charge on any atom is 0.272 e. The van der Waals surface area contributed by atoms with E-state index in [0.29, 0.717) is 47.3 Å². The number of rotatable bonds is 6. The van der Waals surface area contributed by atoms with Crippen LogP contribution in [0, 0.1) is 0 Å². The second kappa shape index (κ2) is 9.82. The number of carbonyl (C=O) groups excluding carboxylic acids is 3. The van der Waals surface area contributed by atoms with Gasteiger partial charge in [-0.15, -0.1) is 5.10 Å². The molecule has 0 aliphatic carbocycles. The minimum absolute atomic E-state index is 0.189. The van der Waals surface area contributed by atoms with Crippen LogP contribution in [0.5, 0.6) is 0 Å². The minimum atomic E-state index is -0.442. The standard InChI is InChI=1S/C25H23N9O3/c1-26-18-12-22(29-16-6-5-10-33(21(16)15-36)23-7-3-4-9-27-23)31-34-19(13-28-24(18)34)25(37)30-17-8-11-32(2)20(17)14-35/h3-7,9-10,12-13,17,26H,8,11H2,1-2H3,(H,29,31)(H,30,37)/t17-/m1/s1. The number of hydrogen-bond acceptors (Lipinski definition) is 10. The fraction of sp³-hybridized carbons (Fsp3) is 0.200. The van der Waals surface area contributed by atoms with Crippen LogP contribution in [0.3, 0.4) is 0 Å². The van der Waals surface area contributed by atoms with E-state index >= 15 is 0 Å². The molecule has 3 N–H and O–H groups in total. The van der Waals surface area contributed by atoms with Crippen molar-refractivity contribution in [2.24, 2.45) is 0 Å². The smallest absolute Gasteiger partial charge is 0.272 e. The molecular weight excluding hydrogens is 474 g/mol. The molecule has 3 aromatic rings. The molecule has 0 spiro atoms. The van der Waals surface area contributed by atoms with Crippen molar-refractivity contribution in [2.75, 3.05) is 36.2 Å². The van der Waals surface area contributed by atoms with Crippen molar-refractivity contribution >= 4 is 40.8 Å². The van der Waals surface area contributed by atoms with Crippen LogP contribution in [0.25, 0.3) is 5.65 Å². The Morgan fingerprint density at radius 2 is 2.05 bits per heavy atom. The Hall–Kier alpha value is -5.18. The quantitative estimate of drug-likeness (QED) is 0.428. The topological polar surface area (TPSA) is 137 Å². The number of allylic oxidation sites excluding steroid dienone is 2. The number of anilines is 3. The maximum atomic E-state index is 13.1. The second-order valence-corrected chi connectivity index (χ2v) is 8.35. The van der Waals surface area contributed by atoms with Crippen LogP contribution < -0.4 is 20.9 Å². The number of fused-ring (bicyclic) bond motifs is 1. The maximum absolute atomic E-state index is 13.1. The first-order valence-corrected chi connectivity index (χ1v) is 11.5. The van der Waals surface area contributed by atoms with Gasteiger partial charge >= 0.3 is 0 Å². The van der Waals surface area contributed by atoms with Gasteiger partial charge < -0.3 is 20.9 Å². The fourth-order valence-electron chi connectivity index (χ4n) is 4.27. The van der Waals surface area contributed by atoms with E-state index in [1.165, 1.54) is 10.7 Å². The van der Waals surface area contributed by atoms with Crippen molar-refractivity contribution in [3.05, 3.63) is 77.8 Å². The summed E-state index contributed by atoms with van der Waals surface area (Å²) in [6.45, 7) is 0.643. The molecule has 3 aromatic heterocycles. The third kappa shape index (κ3) is 4.34. The third-order valence-corrected chi connectivity index (χ3v) is 6.12. The van der Waals surface area contributed by atoms with Gasteiger partial charge in [-0.25, -0.2) is 24.1 Å². The van der Waals surface area contributed by atoms with Gasteiger partial charge in [0.2, 0.25) is 0 Å². The zero-order chi connectivity index (χ0) is 25.9. The van der Waals surface area contributed by atoms with E-state index in [9.17, 15) is 14.4 Å². The molecule has 12 nitrogen and oxygen atoms in total. The molecule has 0 radical (unpaired) electrons. The highest BCUT2D eigenvalue weighted by Crippen LogP contribution is 2.27. The van der Waals surface area contributed by atoms with Gasteiger partial charge in [-0.3, -0.25) is 9.69 Å². The van der Waals surface area contributed by atoms with Crippen molar-refractivity contribution in [3.63, 3.8) is 0 Å². The predicted molar refractivity (Wildman–Crippen MR) is 137 cm³/mol. The molecule has 0 bridgehead atoms.